The van der Waals surface area contributed by atoms with Crippen LogP contribution >= 0.6 is 11.6 Å². The average molecular weight is 264 g/mol. The largest absolute Gasteiger partial charge is 0.348 e. The molecule has 0 heterocycles. The van der Waals surface area contributed by atoms with Crippen LogP contribution in [0.2, 0.25) is 5.02 Å². The van der Waals surface area contributed by atoms with Crippen molar-refractivity contribution in [3.8, 4) is 0 Å². The third kappa shape index (κ3) is 3.31. The Balaban J connectivity index is 1.98. The van der Waals surface area contributed by atoms with Crippen molar-refractivity contribution in [2.45, 2.75) is 6.54 Å². The predicted molar refractivity (Wildman–Crippen MR) is 69.0 cm³/mol. The predicted octanol–water partition coefficient (Wildman–Crippen LogP) is 3.41. The summed E-state index contributed by atoms with van der Waals surface area (Å²) in [6, 6.07) is 12.7. The van der Waals surface area contributed by atoms with Crippen LogP contribution in [0.15, 0.2) is 48.5 Å². The van der Waals surface area contributed by atoms with E-state index in [9.17, 15) is 9.18 Å². The van der Waals surface area contributed by atoms with E-state index >= 15 is 0 Å². The fourth-order valence-corrected chi connectivity index (χ4v) is 1.71. The number of hydrogen-bond donors (Lipinski definition) is 1. The van der Waals surface area contributed by atoms with Gasteiger partial charge in [-0.05, 0) is 35.9 Å². The van der Waals surface area contributed by atoms with Crippen LogP contribution in [0.5, 0.6) is 0 Å². The van der Waals surface area contributed by atoms with Gasteiger partial charge in [0.25, 0.3) is 5.91 Å². The fourth-order valence-electron chi connectivity index (χ4n) is 1.52. The van der Waals surface area contributed by atoms with Crippen molar-refractivity contribution in [1.82, 2.24) is 5.32 Å². The molecule has 0 aliphatic carbocycles. The lowest BCUT2D eigenvalue weighted by molar-refractivity contribution is 0.0951. The van der Waals surface area contributed by atoms with Gasteiger partial charge in [-0.3, -0.25) is 4.79 Å². The number of hydrogen-bond acceptors (Lipinski definition) is 1. The third-order valence-electron chi connectivity index (χ3n) is 2.45. The highest BCUT2D eigenvalue weighted by molar-refractivity contribution is 6.30. The Hall–Kier alpha value is -1.87. The van der Waals surface area contributed by atoms with Gasteiger partial charge in [0.1, 0.15) is 5.82 Å². The van der Waals surface area contributed by atoms with Crippen LogP contribution in [-0.4, -0.2) is 5.91 Å². The van der Waals surface area contributed by atoms with Gasteiger partial charge in [-0.1, -0.05) is 29.8 Å². The second kappa shape index (κ2) is 5.65. The molecule has 1 amide bonds. The number of benzene rings is 2. The highest BCUT2D eigenvalue weighted by Crippen LogP contribution is 2.10. The first-order chi connectivity index (χ1) is 8.65. The zero-order chi connectivity index (χ0) is 13.0. The normalized spacial score (nSPS) is 10.1. The molecular formula is C14H11ClFNO. The Kier molecular flexibility index (Phi) is 3.95. The average Bonchev–Trinajstić information content (AvgIpc) is 2.38. The molecule has 2 aromatic rings. The van der Waals surface area contributed by atoms with Gasteiger partial charge in [0.2, 0.25) is 0 Å². The lowest BCUT2D eigenvalue weighted by atomic mass is 10.2. The minimum Gasteiger partial charge on any atom is -0.348 e. The second-order valence-corrected chi connectivity index (χ2v) is 4.26. The van der Waals surface area contributed by atoms with Crippen molar-refractivity contribution in [1.29, 1.82) is 0 Å². The van der Waals surface area contributed by atoms with E-state index in [-0.39, 0.29) is 11.7 Å². The summed E-state index contributed by atoms with van der Waals surface area (Å²) in [5, 5.41) is 3.26. The number of amides is 1. The van der Waals surface area contributed by atoms with Crippen molar-refractivity contribution in [3.63, 3.8) is 0 Å². The number of rotatable bonds is 3. The molecule has 0 atom stereocenters. The van der Waals surface area contributed by atoms with Crippen LogP contribution in [0.25, 0.3) is 0 Å². The summed E-state index contributed by atoms with van der Waals surface area (Å²) in [7, 11) is 0. The highest BCUT2D eigenvalue weighted by atomic mass is 35.5. The van der Waals surface area contributed by atoms with Crippen LogP contribution in [0.3, 0.4) is 0 Å². The first kappa shape index (κ1) is 12.6. The summed E-state index contributed by atoms with van der Waals surface area (Å²) in [5.74, 6) is -0.498. The van der Waals surface area contributed by atoms with E-state index in [0.29, 0.717) is 17.1 Å². The quantitative estimate of drug-likeness (QED) is 0.903. The van der Waals surface area contributed by atoms with Gasteiger partial charge in [-0.25, -0.2) is 4.39 Å². The Morgan fingerprint density at radius 2 is 1.89 bits per heavy atom. The number of halogens is 2. The van der Waals surface area contributed by atoms with Crippen molar-refractivity contribution < 1.29 is 9.18 Å². The standard InChI is InChI=1S/C14H11ClFNO/c15-12-3-1-2-11(8-12)14(18)17-9-10-4-6-13(16)7-5-10/h1-8H,9H2,(H,17,18). The van der Waals surface area contributed by atoms with Crippen LogP contribution in [0.4, 0.5) is 4.39 Å². The first-order valence-corrected chi connectivity index (χ1v) is 5.81. The molecule has 0 bridgehead atoms. The van der Waals surface area contributed by atoms with Gasteiger partial charge < -0.3 is 5.32 Å². The molecule has 2 aromatic carbocycles. The summed E-state index contributed by atoms with van der Waals surface area (Å²) in [4.78, 5) is 11.8. The molecule has 0 aliphatic rings. The molecule has 0 unspecified atom stereocenters. The summed E-state index contributed by atoms with van der Waals surface area (Å²) in [6.45, 7) is 0.353. The van der Waals surface area contributed by atoms with Gasteiger partial charge in [0.15, 0.2) is 0 Å². The van der Waals surface area contributed by atoms with E-state index in [1.807, 2.05) is 0 Å². The molecule has 0 saturated heterocycles. The van der Waals surface area contributed by atoms with Crippen LogP contribution in [0, 0.1) is 5.82 Å². The molecule has 2 rings (SSSR count). The van der Waals surface area contributed by atoms with Crippen molar-refractivity contribution in [2.24, 2.45) is 0 Å². The zero-order valence-corrected chi connectivity index (χ0v) is 10.2. The fraction of sp³-hybridized carbons (Fsp3) is 0.0714. The van der Waals surface area contributed by atoms with E-state index in [1.165, 1.54) is 12.1 Å². The molecule has 0 aliphatic heterocycles. The minimum absolute atomic E-state index is 0.207. The van der Waals surface area contributed by atoms with Gasteiger partial charge in [0.05, 0.1) is 0 Å². The van der Waals surface area contributed by atoms with Crippen LogP contribution in [-0.2, 0) is 6.54 Å². The van der Waals surface area contributed by atoms with Crippen LogP contribution in [0.1, 0.15) is 15.9 Å². The van der Waals surface area contributed by atoms with Gasteiger partial charge in [0, 0.05) is 17.1 Å². The number of carbonyl (C=O) groups is 1. The molecule has 0 spiro atoms. The smallest absolute Gasteiger partial charge is 0.251 e. The lowest BCUT2D eigenvalue weighted by Crippen LogP contribution is -2.22. The van der Waals surface area contributed by atoms with E-state index in [2.05, 4.69) is 5.32 Å². The summed E-state index contributed by atoms with van der Waals surface area (Å²) in [6.07, 6.45) is 0. The van der Waals surface area contributed by atoms with E-state index < -0.39 is 0 Å². The van der Waals surface area contributed by atoms with E-state index in [0.717, 1.165) is 5.56 Å². The summed E-state index contributed by atoms with van der Waals surface area (Å²) in [5.41, 5.74) is 1.34. The summed E-state index contributed by atoms with van der Waals surface area (Å²) < 4.78 is 12.7. The molecular weight excluding hydrogens is 253 g/mol. The maximum Gasteiger partial charge on any atom is 0.251 e. The molecule has 2 nitrogen and oxygen atoms in total. The first-order valence-electron chi connectivity index (χ1n) is 5.43. The molecule has 4 heteroatoms. The maximum absolute atomic E-state index is 12.7. The Morgan fingerprint density at radius 1 is 1.17 bits per heavy atom. The van der Waals surface area contributed by atoms with Gasteiger partial charge in [-0.2, -0.15) is 0 Å². The second-order valence-electron chi connectivity index (χ2n) is 3.82. The van der Waals surface area contributed by atoms with Gasteiger partial charge >= 0.3 is 0 Å². The van der Waals surface area contributed by atoms with Crippen molar-refractivity contribution in [2.75, 3.05) is 0 Å². The number of nitrogens with one attached hydrogen (secondary N) is 1. The molecule has 1 N–H and O–H groups in total. The van der Waals surface area contributed by atoms with Crippen molar-refractivity contribution in [3.05, 3.63) is 70.5 Å². The molecule has 18 heavy (non-hydrogen) atoms. The Morgan fingerprint density at radius 3 is 2.56 bits per heavy atom. The summed E-state index contributed by atoms with van der Waals surface area (Å²) >= 11 is 5.80. The van der Waals surface area contributed by atoms with E-state index in [4.69, 9.17) is 11.6 Å². The lowest BCUT2D eigenvalue weighted by Gasteiger charge is -2.05. The van der Waals surface area contributed by atoms with Crippen LogP contribution < -0.4 is 5.32 Å². The Bertz CT molecular complexity index is 554. The monoisotopic (exact) mass is 263 g/mol. The van der Waals surface area contributed by atoms with Gasteiger partial charge in [-0.15, -0.1) is 0 Å². The maximum atomic E-state index is 12.7. The molecule has 0 saturated carbocycles. The Labute approximate surface area is 109 Å². The molecule has 0 aromatic heterocycles. The van der Waals surface area contributed by atoms with Crippen molar-refractivity contribution >= 4 is 17.5 Å². The number of carbonyl (C=O) groups excluding carboxylic acids is 1. The van der Waals surface area contributed by atoms with E-state index in [1.54, 1.807) is 36.4 Å². The molecule has 0 radical (unpaired) electrons. The third-order valence-corrected chi connectivity index (χ3v) is 2.69. The zero-order valence-electron chi connectivity index (χ0n) is 9.49. The highest BCUT2D eigenvalue weighted by Gasteiger charge is 2.05. The topological polar surface area (TPSA) is 29.1 Å². The molecule has 0 fully saturated rings. The molecule has 92 valence electrons. The minimum atomic E-state index is -0.292. The SMILES string of the molecule is O=C(NCc1ccc(F)cc1)c1cccc(Cl)c1.